The van der Waals surface area contributed by atoms with Crippen LogP contribution in [0.2, 0.25) is 0 Å². The number of hydrogen-bond donors (Lipinski definition) is 0. The van der Waals surface area contributed by atoms with Gasteiger partial charge in [0.25, 0.3) is 0 Å². The monoisotopic (exact) mass is 329 g/mol. The first-order valence-corrected chi connectivity index (χ1v) is 8.17. The maximum Gasteiger partial charge on any atom is 0.0700 e. The molecule has 0 atom stereocenters. The maximum atomic E-state index is 5.51. The quantitative estimate of drug-likeness (QED) is 0.433. The predicted octanol–water partition coefficient (Wildman–Crippen LogP) is 3.61. The summed E-state index contributed by atoms with van der Waals surface area (Å²) in [7, 11) is 0. The van der Waals surface area contributed by atoms with Gasteiger partial charge in [0.15, 0.2) is 0 Å². The second-order valence-corrected chi connectivity index (χ2v) is 5.19. The fraction of sp³-hybridized carbons (Fsp3) is 0.667. The van der Waals surface area contributed by atoms with Crippen molar-refractivity contribution in [2.24, 2.45) is 0 Å². The van der Waals surface area contributed by atoms with E-state index in [9.17, 15) is 0 Å². The van der Waals surface area contributed by atoms with E-state index in [1.807, 2.05) is 24.4 Å². The van der Waals surface area contributed by atoms with Crippen LogP contribution in [0.5, 0.6) is 0 Å². The SMILES string of the molecule is BrCCCCCCOCCOCCc1ccccn1. The fourth-order valence-electron chi connectivity index (χ4n) is 1.70. The van der Waals surface area contributed by atoms with Crippen molar-refractivity contribution in [2.45, 2.75) is 32.1 Å². The molecule has 0 aliphatic carbocycles. The lowest BCUT2D eigenvalue weighted by atomic mass is 10.2. The van der Waals surface area contributed by atoms with Gasteiger partial charge in [0, 0.05) is 30.2 Å². The Morgan fingerprint density at radius 1 is 0.895 bits per heavy atom. The zero-order chi connectivity index (χ0) is 13.6. The van der Waals surface area contributed by atoms with Crippen LogP contribution in [0.25, 0.3) is 0 Å². The predicted molar refractivity (Wildman–Crippen MR) is 81.8 cm³/mol. The van der Waals surface area contributed by atoms with Gasteiger partial charge >= 0.3 is 0 Å². The Balaban J connectivity index is 1.79. The molecular weight excluding hydrogens is 306 g/mol. The van der Waals surface area contributed by atoms with Gasteiger partial charge in [-0.3, -0.25) is 4.98 Å². The lowest BCUT2D eigenvalue weighted by Gasteiger charge is -2.05. The highest BCUT2D eigenvalue weighted by Crippen LogP contribution is 2.02. The molecule has 4 heteroatoms. The normalized spacial score (nSPS) is 10.8. The number of hydrogen-bond acceptors (Lipinski definition) is 3. The van der Waals surface area contributed by atoms with Crippen LogP contribution in [-0.4, -0.2) is 36.7 Å². The summed E-state index contributed by atoms with van der Waals surface area (Å²) in [6.07, 6.45) is 7.64. The number of alkyl halides is 1. The molecule has 1 rings (SSSR count). The number of pyridine rings is 1. The summed E-state index contributed by atoms with van der Waals surface area (Å²) in [5.41, 5.74) is 1.08. The summed E-state index contributed by atoms with van der Waals surface area (Å²) in [5.74, 6) is 0. The van der Waals surface area contributed by atoms with E-state index in [1.54, 1.807) is 0 Å². The van der Waals surface area contributed by atoms with Crippen LogP contribution in [0.15, 0.2) is 24.4 Å². The van der Waals surface area contributed by atoms with E-state index in [4.69, 9.17) is 9.47 Å². The van der Waals surface area contributed by atoms with E-state index < -0.39 is 0 Å². The van der Waals surface area contributed by atoms with Gasteiger partial charge in [-0.2, -0.15) is 0 Å². The number of nitrogens with zero attached hydrogens (tertiary/aromatic N) is 1. The van der Waals surface area contributed by atoms with Crippen molar-refractivity contribution >= 4 is 15.9 Å². The molecule has 0 amide bonds. The minimum absolute atomic E-state index is 0.675. The van der Waals surface area contributed by atoms with Crippen LogP contribution in [0.1, 0.15) is 31.4 Å². The van der Waals surface area contributed by atoms with E-state index in [0.29, 0.717) is 19.8 Å². The van der Waals surface area contributed by atoms with Crippen molar-refractivity contribution in [3.63, 3.8) is 0 Å². The lowest BCUT2D eigenvalue weighted by molar-refractivity contribution is 0.0472. The maximum absolute atomic E-state index is 5.51. The first kappa shape index (κ1) is 16.6. The van der Waals surface area contributed by atoms with Gasteiger partial charge in [0.1, 0.15) is 0 Å². The second kappa shape index (κ2) is 12.6. The zero-order valence-electron chi connectivity index (χ0n) is 11.5. The number of rotatable bonds is 12. The number of aromatic nitrogens is 1. The molecule has 0 saturated heterocycles. The van der Waals surface area contributed by atoms with Gasteiger partial charge < -0.3 is 9.47 Å². The molecule has 0 aliphatic heterocycles. The van der Waals surface area contributed by atoms with Crippen LogP contribution in [0.4, 0.5) is 0 Å². The Morgan fingerprint density at radius 2 is 1.68 bits per heavy atom. The zero-order valence-corrected chi connectivity index (χ0v) is 13.1. The van der Waals surface area contributed by atoms with Gasteiger partial charge in [0.05, 0.1) is 19.8 Å². The highest BCUT2D eigenvalue weighted by molar-refractivity contribution is 9.09. The van der Waals surface area contributed by atoms with Crippen molar-refractivity contribution in [1.29, 1.82) is 0 Å². The average molecular weight is 330 g/mol. The molecule has 19 heavy (non-hydrogen) atoms. The minimum Gasteiger partial charge on any atom is -0.379 e. The van der Waals surface area contributed by atoms with E-state index in [-0.39, 0.29) is 0 Å². The molecule has 0 radical (unpaired) electrons. The molecule has 3 nitrogen and oxygen atoms in total. The third kappa shape index (κ3) is 10.0. The Hall–Kier alpha value is -0.450. The van der Waals surface area contributed by atoms with Gasteiger partial charge in [-0.05, 0) is 25.0 Å². The van der Waals surface area contributed by atoms with E-state index in [0.717, 1.165) is 30.5 Å². The Morgan fingerprint density at radius 3 is 2.42 bits per heavy atom. The number of halogens is 1. The van der Waals surface area contributed by atoms with Gasteiger partial charge in [-0.1, -0.05) is 34.8 Å². The first-order valence-electron chi connectivity index (χ1n) is 7.05. The Bertz CT molecular complexity index is 295. The third-order valence-corrected chi connectivity index (χ3v) is 3.33. The van der Waals surface area contributed by atoms with Crippen molar-refractivity contribution in [1.82, 2.24) is 4.98 Å². The Kier molecular flexibility index (Phi) is 11.0. The molecule has 1 aromatic rings. The first-order chi connectivity index (χ1) is 9.43. The summed E-state index contributed by atoms with van der Waals surface area (Å²) >= 11 is 3.43. The molecule has 0 aliphatic rings. The highest BCUT2D eigenvalue weighted by Gasteiger charge is 1.94. The summed E-state index contributed by atoms with van der Waals surface area (Å²) in [6, 6.07) is 5.95. The standard InChI is InChI=1S/C15H24BrNO2/c16-9-4-1-2-6-11-18-13-14-19-12-8-15-7-3-5-10-17-15/h3,5,7,10H,1-2,4,6,8-9,11-14H2. The molecule has 1 heterocycles. The molecule has 0 spiro atoms. The van der Waals surface area contributed by atoms with Crippen LogP contribution in [-0.2, 0) is 15.9 Å². The highest BCUT2D eigenvalue weighted by atomic mass is 79.9. The Labute approximate surface area is 124 Å². The molecule has 0 saturated carbocycles. The molecule has 0 fully saturated rings. The van der Waals surface area contributed by atoms with Crippen LogP contribution >= 0.6 is 15.9 Å². The van der Waals surface area contributed by atoms with Gasteiger partial charge in [-0.25, -0.2) is 0 Å². The van der Waals surface area contributed by atoms with E-state index >= 15 is 0 Å². The molecule has 1 aromatic heterocycles. The number of ether oxygens (including phenoxy) is 2. The van der Waals surface area contributed by atoms with Crippen LogP contribution in [0.3, 0.4) is 0 Å². The smallest absolute Gasteiger partial charge is 0.0700 e. The summed E-state index contributed by atoms with van der Waals surface area (Å²) in [4.78, 5) is 4.25. The summed E-state index contributed by atoms with van der Waals surface area (Å²) in [5, 5.41) is 1.11. The largest absolute Gasteiger partial charge is 0.379 e. The number of unbranched alkanes of at least 4 members (excludes halogenated alkanes) is 3. The summed E-state index contributed by atoms with van der Waals surface area (Å²) in [6.45, 7) is 2.94. The van der Waals surface area contributed by atoms with Crippen molar-refractivity contribution in [3.05, 3.63) is 30.1 Å². The average Bonchev–Trinajstić information content (AvgIpc) is 2.46. The third-order valence-electron chi connectivity index (χ3n) is 2.77. The second-order valence-electron chi connectivity index (χ2n) is 4.40. The van der Waals surface area contributed by atoms with Crippen molar-refractivity contribution < 1.29 is 9.47 Å². The molecule has 108 valence electrons. The van der Waals surface area contributed by atoms with Crippen LogP contribution < -0.4 is 0 Å². The topological polar surface area (TPSA) is 31.4 Å². The van der Waals surface area contributed by atoms with Crippen molar-refractivity contribution in [3.8, 4) is 0 Å². The fourth-order valence-corrected chi connectivity index (χ4v) is 2.09. The van der Waals surface area contributed by atoms with E-state index in [2.05, 4.69) is 20.9 Å². The molecule has 0 aromatic carbocycles. The molecule has 0 bridgehead atoms. The van der Waals surface area contributed by atoms with Crippen molar-refractivity contribution in [2.75, 3.05) is 31.8 Å². The van der Waals surface area contributed by atoms with Gasteiger partial charge in [-0.15, -0.1) is 0 Å². The minimum atomic E-state index is 0.675. The molecular formula is C15H24BrNO2. The van der Waals surface area contributed by atoms with E-state index in [1.165, 1.54) is 19.3 Å². The molecule has 0 N–H and O–H groups in total. The van der Waals surface area contributed by atoms with Gasteiger partial charge in [0.2, 0.25) is 0 Å². The lowest BCUT2D eigenvalue weighted by Crippen LogP contribution is -2.08. The van der Waals surface area contributed by atoms with Crippen LogP contribution in [0, 0.1) is 0 Å². The summed E-state index contributed by atoms with van der Waals surface area (Å²) < 4.78 is 11.0. The molecule has 0 unspecified atom stereocenters.